The first-order valence-electron chi connectivity index (χ1n) is 9.59. The van der Waals surface area contributed by atoms with Gasteiger partial charge in [-0.2, -0.15) is 0 Å². The third-order valence-corrected chi connectivity index (χ3v) is 6.12. The van der Waals surface area contributed by atoms with Crippen molar-refractivity contribution in [3.8, 4) is 0 Å². The number of carbonyl (C=O) groups is 2. The summed E-state index contributed by atoms with van der Waals surface area (Å²) in [6, 6.07) is 3.81. The summed E-state index contributed by atoms with van der Waals surface area (Å²) in [4.78, 5) is 35.4. The third kappa shape index (κ3) is 3.16. The summed E-state index contributed by atoms with van der Waals surface area (Å²) in [7, 11) is 0. The smallest absolute Gasteiger partial charge is 0.326 e. The molecule has 4 rings (SSSR count). The molecule has 3 aliphatic rings. The molecule has 0 atom stereocenters. The van der Waals surface area contributed by atoms with E-state index in [0.29, 0.717) is 12.6 Å². The van der Waals surface area contributed by atoms with Gasteiger partial charge in [-0.25, -0.2) is 9.69 Å². The second kappa shape index (κ2) is 6.87. The fourth-order valence-corrected chi connectivity index (χ4v) is 4.30. The van der Waals surface area contributed by atoms with Crippen LogP contribution in [0.4, 0.5) is 10.5 Å². The van der Waals surface area contributed by atoms with Crippen molar-refractivity contribution in [2.45, 2.75) is 38.1 Å². The van der Waals surface area contributed by atoms with Crippen molar-refractivity contribution in [1.29, 1.82) is 0 Å². The van der Waals surface area contributed by atoms with Gasteiger partial charge in [0.1, 0.15) is 5.54 Å². The molecule has 1 aromatic rings. The summed E-state index contributed by atoms with van der Waals surface area (Å²) in [5.74, 6) is 0.617. The molecular formula is C19H27N5O2. The van der Waals surface area contributed by atoms with Gasteiger partial charge in [-0.3, -0.25) is 14.7 Å². The Morgan fingerprint density at radius 1 is 1.12 bits per heavy atom. The number of piperazine rings is 1. The molecule has 3 fully saturated rings. The number of aromatic nitrogens is 1. The molecule has 140 valence electrons. The van der Waals surface area contributed by atoms with Crippen molar-refractivity contribution in [1.82, 2.24) is 20.1 Å². The zero-order valence-electron chi connectivity index (χ0n) is 15.4. The van der Waals surface area contributed by atoms with Crippen molar-refractivity contribution >= 4 is 17.6 Å². The van der Waals surface area contributed by atoms with Crippen LogP contribution in [0.2, 0.25) is 0 Å². The molecule has 0 radical (unpaired) electrons. The number of urea groups is 1. The van der Waals surface area contributed by atoms with Crippen molar-refractivity contribution in [2.75, 3.05) is 37.7 Å². The monoisotopic (exact) mass is 357 g/mol. The highest BCUT2D eigenvalue weighted by Crippen LogP contribution is 2.36. The summed E-state index contributed by atoms with van der Waals surface area (Å²) < 4.78 is 0. The Kier molecular flexibility index (Phi) is 4.56. The van der Waals surface area contributed by atoms with Crippen LogP contribution in [-0.4, -0.2) is 65.1 Å². The number of hydrogen-bond donors (Lipinski definition) is 1. The summed E-state index contributed by atoms with van der Waals surface area (Å²) in [6.07, 6.45) is 7.16. The molecule has 7 nitrogen and oxygen atoms in total. The Labute approximate surface area is 154 Å². The molecule has 1 saturated carbocycles. The lowest BCUT2D eigenvalue weighted by Crippen LogP contribution is -2.52. The number of nitrogens with zero attached hydrogens (tertiary/aromatic N) is 4. The van der Waals surface area contributed by atoms with Gasteiger partial charge in [-0.1, -0.05) is 6.92 Å². The average Bonchev–Trinajstić information content (AvgIpc) is 2.90. The van der Waals surface area contributed by atoms with Crippen LogP contribution >= 0.6 is 0 Å². The van der Waals surface area contributed by atoms with E-state index in [9.17, 15) is 9.59 Å². The van der Waals surface area contributed by atoms with E-state index in [2.05, 4.69) is 27.0 Å². The summed E-state index contributed by atoms with van der Waals surface area (Å²) in [6.45, 7) is 6.06. The number of nitrogens with one attached hydrogen (secondary N) is 1. The molecule has 2 saturated heterocycles. The van der Waals surface area contributed by atoms with Crippen LogP contribution in [0, 0.1) is 5.92 Å². The van der Waals surface area contributed by atoms with Gasteiger partial charge in [0.15, 0.2) is 0 Å². The number of carbonyl (C=O) groups excluding carboxylic acids is 2. The Balaban J connectivity index is 1.35. The van der Waals surface area contributed by atoms with E-state index in [0.717, 1.165) is 51.9 Å². The quantitative estimate of drug-likeness (QED) is 0.834. The fraction of sp³-hybridized carbons (Fsp3) is 0.632. The average molecular weight is 357 g/mol. The normalized spacial score (nSPS) is 30.1. The molecule has 0 unspecified atom stereocenters. The summed E-state index contributed by atoms with van der Waals surface area (Å²) in [5.41, 5.74) is 0.535. The minimum absolute atomic E-state index is 0.0223. The number of hydrogen-bond acceptors (Lipinski definition) is 5. The van der Waals surface area contributed by atoms with Gasteiger partial charge in [0.25, 0.3) is 5.91 Å². The van der Waals surface area contributed by atoms with Crippen molar-refractivity contribution in [3.05, 3.63) is 24.5 Å². The van der Waals surface area contributed by atoms with E-state index in [-0.39, 0.29) is 11.9 Å². The van der Waals surface area contributed by atoms with E-state index in [1.807, 2.05) is 12.1 Å². The Hall–Kier alpha value is -2.15. The minimum Gasteiger partial charge on any atom is -0.369 e. The van der Waals surface area contributed by atoms with Gasteiger partial charge in [-0.15, -0.1) is 0 Å². The van der Waals surface area contributed by atoms with E-state index in [1.54, 1.807) is 12.4 Å². The first kappa shape index (κ1) is 17.3. The molecule has 3 amide bonds. The van der Waals surface area contributed by atoms with E-state index >= 15 is 0 Å². The van der Waals surface area contributed by atoms with E-state index in [4.69, 9.17) is 0 Å². The van der Waals surface area contributed by atoms with Crippen LogP contribution in [0.1, 0.15) is 32.6 Å². The topological polar surface area (TPSA) is 68.8 Å². The van der Waals surface area contributed by atoms with Crippen molar-refractivity contribution in [3.63, 3.8) is 0 Å². The molecule has 0 bridgehead atoms. The van der Waals surface area contributed by atoms with Gasteiger partial charge in [0.05, 0.1) is 6.67 Å². The molecule has 2 aliphatic heterocycles. The Morgan fingerprint density at radius 2 is 1.77 bits per heavy atom. The van der Waals surface area contributed by atoms with Crippen LogP contribution in [0.3, 0.4) is 0 Å². The van der Waals surface area contributed by atoms with Gasteiger partial charge in [-0.05, 0) is 43.7 Å². The van der Waals surface area contributed by atoms with Crippen LogP contribution in [0.5, 0.6) is 0 Å². The predicted molar refractivity (Wildman–Crippen MR) is 98.6 cm³/mol. The maximum Gasteiger partial charge on any atom is 0.326 e. The first-order valence-corrected chi connectivity index (χ1v) is 9.59. The zero-order chi connectivity index (χ0) is 18.1. The lowest BCUT2D eigenvalue weighted by atomic mass is 9.77. The van der Waals surface area contributed by atoms with Gasteiger partial charge < -0.3 is 10.2 Å². The first-order chi connectivity index (χ1) is 12.6. The Morgan fingerprint density at radius 3 is 2.42 bits per heavy atom. The number of imide groups is 1. The third-order valence-electron chi connectivity index (χ3n) is 6.12. The van der Waals surface area contributed by atoms with Crippen LogP contribution in [0.15, 0.2) is 24.5 Å². The van der Waals surface area contributed by atoms with Gasteiger partial charge in [0, 0.05) is 44.3 Å². The van der Waals surface area contributed by atoms with E-state index in [1.165, 1.54) is 10.6 Å². The zero-order valence-corrected chi connectivity index (χ0v) is 15.4. The molecule has 3 heterocycles. The molecule has 7 heteroatoms. The minimum atomic E-state index is -0.636. The number of amides is 3. The number of rotatable bonds is 3. The molecule has 1 spiro atoms. The lowest BCUT2D eigenvalue weighted by molar-refractivity contribution is -0.134. The molecule has 1 N–H and O–H groups in total. The maximum atomic E-state index is 13.0. The second-order valence-electron chi connectivity index (χ2n) is 7.88. The highest BCUT2D eigenvalue weighted by molar-refractivity contribution is 6.07. The van der Waals surface area contributed by atoms with Crippen LogP contribution < -0.4 is 10.2 Å². The van der Waals surface area contributed by atoms with Gasteiger partial charge >= 0.3 is 6.03 Å². The predicted octanol–water partition coefficient (Wildman–Crippen LogP) is 1.66. The van der Waals surface area contributed by atoms with Crippen molar-refractivity contribution in [2.24, 2.45) is 5.92 Å². The Bertz CT molecular complexity index is 664. The van der Waals surface area contributed by atoms with Crippen LogP contribution in [0.25, 0.3) is 0 Å². The van der Waals surface area contributed by atoms with E-state index < -0.39 is 5.54 Å². The second-order valence-corrected chi connectivity index (χ2v) is 7.88. The number of pyridine rings is 1. The SMILES string of the molecule is CC1CCC2(CC1)NC(=O)N(CN1CCN(c3ccncc3)CC1)C2=O. The lowest BCUT2D eigenvalue weighted by Gasteiger charge is -2.37. The molecule has 1 aromatic heterocycles. The summed E-state index contributed by atoms with van der Waals surface area (Å²) in [5, 5.41) is 3.01. The summed E-state index contributed by atoms with van der Waals surface area (Å²) >= 11 is 0. The molecular weight excluding hydrogens is 330 g/mol. The largest absolute Gasteiger partial charge is 0.369 e. The molecule has 26 heavy (non-hydrogen) atoms. The molecule has 0 aromatic carbocycles. The van der Waals surface area contributed by atoms with Crippen LogP contribution in [-0.2, 0) is 4.79 Å². The highest BCUT2D eigenvalue weighted by atomic mass is 16.2. The number of anilines is 1. The fourth-order valence-electron chi connectivity index (χ4n) is 4.30. The highest BCUT2D eigenvalue weighted by Gasteiger charge is 2.52. The van der Waals surface area contributed by atoms with Gasteiger partial charge in [0.2, 0.25) is 0 Å². The standard InChI is InChI=1S/C19H27N5O2/c1-15-2-6-19(7-3-15)17(25)24(18(26)21-19)14-22-10-12-23(13-11-22)16-4-8-20-9-5-16/h4-5,8-9,15H,2-3,6-7,10-14H2,1H3,(H,21,26). The van der Waals surface area contributed by atoms with Crippen molar-refractivity contribution < 1.29 is 9.59 Å². The molecule has 1 aliphatic carbocycles. The maximum absolute atomic E-state index is 13.0.